The first kappa shape index (κ1) is 10.1. The van der Waals surface area contributed by atoms with Gasteiger partial charge in [-0.2, -0.15) is 0 Å². The molecular weight excluding hydrogens is 197 g/mol. The molecular formula is C11H12FNO2. The van der Waals surface area contributed by atoms with Crippen LogP contribution in [0.15, 0.2) is 24.3 Å². The van der Waals surface area contributed by atoms with Crippen molar-refractivity contribution in [1.82, 2.24) is 5.32 Å². The van der Waals surface area contributed by atoms with E-state index in [0.29, 0.717) is 12.0 Å². The van der Waals surface area contributed by atoms with E-state index in [4.69, 9.17) is 5.11 Å². The van der Waals surface area contributed by atoms with E-state index in [-0.39, 0.29) is 30.3 Å². The van der Waals surface area contributed by atoms with Crippen molar-refractivity contribution in [1.29, 1.82) is 0 Å². The SMILES string of the molecule is O=C1N[C@@H](CO)CC1c1cccc(F)c1. The average molecular weight is 209 g/mol. The number of rotatable bonds is 2. The molecule has 15 heavy (non-hydrogen) atoms. The van der Waals surface area contributed by atoms with Crippen LogP contribution in [0.4, 0.5) is 4.39 Å². The third-order valence-electron chi connectivity index (χ3n) is 2.65. The van der Waals surface area contributed by atoms with Crippen molar-refractivity contribution in [2.75, 3.05) is 6.61 Å². The van der Waals surface area contributed by atoms with Gasteiger partial charge in [0.1, 0.15) is 5.82 Å². The Balaban J connectivity index is 2.21. The van der Waals surface area contributed by atoms with Gasteiger partial charge < -0.3 is 10.4 Å². The smallest absolute Gasteiger partial charge is 0.227 e. The maximum Gasteiger partial charge on any atom is 0.227 e. The second-order valence-electron chi connectivity index (χ2n) is 3.73. The van der Waals surface area contributed by atoms with E-state index in [1.54, 1.807) is 12.1 Å². The second-order valence-corrected chi connectivity index (χ2v) is 3.73. The third-order valence-corrected chi connectivity index (χ3v) is 2.65. The molecule has 1 fully saturated rings. The van der Waals surface area contributed by atoms with E-state index in [0.717, 1.165) is 0 Å². The molecule has 0 saturated carbocycles. The fourth-order valence-corrected chi connectivity index (χ4v) is 1.88. The van der Waals surface area contributed by atoms with E-state index in [2.05, 4.69) is 5.32 Å². The highest BCUT2D eigenvalue weighted by Crippen LogP contribution is 2.26. The molecule has 1 unspecified atom stereocenters. The lowest BCUT2D eigenvalue weighted by molar-refractivity contribution is -0.120. The van der Waals surface area contributed by atoms with Crippen LogP contribution >= 0.6 is 0 Å². The van der Waals surface area contributed by atoms with Crippen molar-refractivity contribution >= 4 is 5.91 Å². The monoisotopic (exact) mass is 209 g/mol. The van der Waals surface area contributed by atoms with Crippen LogP contribution in [-0.2, 0) is 4.79 Å². The molecule has 0 bridgehead atoms. The standard InChI is InChI=1S/C11H12FNO2/c12-8-3-1-2-7(4-8)10-5-9(6-14)13-11(10)15/h1-4,9-10,14H,5-6H2,(H,13,15)/t9-,10?/m1/s1. The maximum absolute atomic E-state index is 12.9. The molecule has 2 atom stereocenters. The average Bonchev–Trinajstić information content (AvgIpc) is 2.60. The zero-order chi connectivity index (χ0) is 10.8. The van der Waals surface area contributed by atoms with Gasteiger partial charge in [-0.1, -0.05) is 12.1 Å². The summed E-state index contributed by atoms with van der Waals surface area (Å²) in [6.45, 7) is -0.0719. The molecule has 0 radical (unpaired) electrons. The summed E-state index contributed by atoms with van der Waals surface area (Å²) in [5.41, 5.74) is 0.670. The van der Waals surface area contributed by atoms with E-state index in [9.17, 15) is 9.18 Å². The van der Waals surface area contributed by atoms with Crippen molar-refractivity contribution in [3.05, 3.63) is 35.6 Å². The predicted octanol–water partition coefficient (Wildman–Crippen LogP) is 0.790. The van der Waals surface area contributed by atoms with Gasteiger partial charge in [0.25, 0.3) is 0 Å². The maximum atomic E-state index is 12.9. The molecule has 0 aromatic heterocycles. The van der Waals surface area contributed by atoms with E-state index < -0.39 is 0 Å². The molecule has 4 heteroatoms. The van der Waals surface area contributed by atoms with Crippen LogP contribution in [-0.4, -0.2) is 23.7 Å². The molecule has 2 rings (SSSR count). The van der Waals surface area contributed by atoms with Crippen molar-refractivity contribution in [3.8, 4) is 0 Å². The molecule has 3 nitrogen and oxygen atoms in total. The molecule has 0 spiro atoms. The van der Waals surface area contributed by atoms with Gasteiger partial charge in [0.05, 0.1) is 18.6 Å². The molecule has 2 N–H and O–H groups in total. The number of carbonyl (C=O) groups is 1. The number of carbonyl (C=O) groups excluding carboxylic acids is 1. The first-order valence-corrected chi connectivity index (χ1v) is 4.87. The van der Waals surface area contributed by atoms with Crippen LogP contribution in [0, 0.1) is 5.82 Å². The van der Waals surface area contributed by atoms with Gasteiger partial charge in [0, 0.05) is 0 Å². The molecule has 1 amide bonds. The van der Waals surface area contributed by atoms with Crippen LogP contribution < -0.4 is 5.32 Å². The fraction of sp³-hybridized carbons (Fsp3) is 0.364. The number of aliphatic hydroxyl groups is 1. The Morgan fingerprint density at radius 2 is 2.33 bits per heavy atom. The summed E-state index contributed by atoms with van der Waals surface area (Å²) in [4.78, 5) is 11.5. The molecule has 1 aliphatic heterocycles. The van der Waals surface area contributed by atoms with Gasteiger partial charge >= 0.3 is 0 Å². The molecule has 80 valence electrons. The summed E-state index contributed by atoms with van der Waals surface area (Å²) < 4.78 is 12.9. The summed E-state index contributed by atoms with van der Waals surface area (Å²) in [7, 11) is 0. The van der Waals surface area contributed by atoms with Gasteiger partial charge in [0.15, 0.2) is 0 Å². The van der Waals surface area contributed by atoms with Crippen LogP contribution in [0.5, 0.6) is 0 Å². The number of nitrogens with one attached hydrogen (secondary N) is 1. The van der Waals surface area contributed by atoms with Crippen LogP contribution in [0.1, 0.15) is 17.9 Å². The lowest BCUT2D eigenvalue weighted by atomic mass is 9.96. The summed E-state index contributed by atoms with van der Waals surface area (Å²) in [5.74, 6) is -0.815. The Kier molecular flexibility index (Phi) is 2.68. The largest absolute Gasteiger partial charge is 0.394 e. The summed E-state index contributed by atoms with van der Waals surface area (Å²) in [6.07, 6.45) is 0.527. The lowest BCUT2D eigenvalue weighted by Crippen LogP contribution is -2.28. The molecule has 1 aromatic rings. The van der Waals surface area contributed by atoms with E-state index in [1.165, 1.54) is 12.1 Å². The predicted molar refractivity (Wildman–Crippen MR) is 52.8 cm³/mol. The second kappa shape index (κ2) is 3.98. The quantitative estimate of drug-likeness (QED) is 0.756. The molecule has 1 saturated heterocycles. The number of benzene rings is 1. The summed E-state index contributed by atoms with van der Waals surface area (Å²) >= 11 is 0. The van der Waals surface area contributed by atoms with Gasteiger partial charge in [-0.3, -0.25) is 4.79 Å². The zero-order valence-corrected chi connectivity index (χ0v) is 8.11. The van der Waals surface area contributed by atoms with Crippen LogP contribution in [0.2, 0.25) is 0 Å². The number of aliphatic hydroxyl groups excluding tert-OH is 1. The number of amides is 1. The minimum Gasteiger partial charge on any atom is -0.394 e. The Hall–Kier alpha value is -1.42. The number of hydrogen-bond donors (Lipinski definition) is 2. The van der Waals surface area contributed by atoms with E-state index >= 15 is 0 Å². The first-order valence-electron chi connectivity index (χ1n) is 4.87. The minimum absolute atomic E-state index is 0.0719. The third kappa shape index (κ3) is 1.99. The summed E-state index contributed by atoms with van der Waals surface area (Å²) in [6, 6.07) is 5.83. The Labute approximate surface area is 86.9 Å². The number of hydrogen-bond acceptors (Lipinski definition) is 2. The van der Waals surface area contributed by atoms with E-state index in [1.807, 2.05) is 0 Å². The van der Waals surface area contributed by atoms with Crippen LogP contribution in [0.25, 0.3) is 0 Å². The van der Waals surface area contributed by atoms with Crippen molar-refractivity contribution in [2.24, 2.45) is 0 Å². The summed E-state index contributed by atoms with van der Waals surface area (Å²) in [5, 5.41) is 11.6. The zero-order valence-electron chi connectivity index (χ0n) is 8.11. The minimum atomic E-state index is -0.340. The lowest BCUT2D eigenvalue weighted by Gasteiger charge is -2.06. The molecule has 1 heterocycles. The van der Waals surface area contributed by atoms with Gasteiger partial charge in [-0.05, 0) is 24.1 Å². The normalized spacial score (nSPS) is 25.3. The number of halogens is 1. The van der Waals surface area contributed by atoms with Gasteiger partial charge in [-0.25, -0.2) is 4.39 Å². The van der Waals surface area contributed by atoms with Crippen molar-refractivity contribution in [3.63, 3.8) is 0 Å². The molecule has 1 aliphatic rings. The van der Waals surface area contributed by atoms with Gasteiger partial charge in [0.2, 0.25) is 5.91 Å². The fourth-order valence-electron chi connectivity index (χ4n) is 1.88. The topological polar surface area (TPSA) is 49.3 Å². The van der Waals surface area contributed by atoms with Crippen LogP contribution in [0.3, 0.4) is 0 Å². The Morgan fingerprint density at radius 1 is 1.53 bits per heavy atom. The Bertz CT molecular complexity index is 381. The highest BCUT2D eigenvalue weighted by molar-refractivity contribution is 5.86. The highest BCUT2D eigenvalue weighted by Gasteiger charge is 2.32. The highest BCUT2D eigenvalue weighted by atomic mass is 19.1. The van der Waals surface area contributed by atoms with Crippen molar-refractivity contribution < 1.29 is 14.3 Å². The molecule has 0 aliphatic carbocycles. The van der Waals surface area contributed by atoms with Gasteiger partial charge in [-0.15, -0.1) is 0 Å². The molecule has 1 aromatic carbocycles. The van der Waals surface area contributed by atoms with Crippen molar-refractivity contribution in [2.45, 2.75) is 18.4 Å². The first-order chi connectivity index (χ1) is 7.20. The Morgan fingerprint density at radius 3 is 2.93 bits per heavy atom.